The minimum Gasteiger partial charge on any atom is -0.507 e. The summed E-state index contributed by atoms with van der Waals surface area (Å²) in [6, 6.07) is 27.1. The maximum atomic E-state index is 13.6. The zero-order valence-corrected chi connectivity index (χ0v) is 23.9. The Bertz CT molecular complexity index is 1830. The minimum atomic E-state index is -0.894. The molecule has 1 amide bonds. The molecule has 5 aromatic rings. The number of amides is 1. The van der Waals surface area contributed by atoms with Gasteiger partial charge in [0, 0.05) is 10.6 Å². The predicted molar refractivity (Wildman–Crippen MR) is 163 cm³/mol. The van der Waals surface area contributed by atoms with Gasteiger partial charge in [-0.3, -0.25) is 14.5 Å². The van der Waals surface area contributed by atoms with Gasteiger partial charge < -0.3 is 9.84 Å². The number of aromatic nitrogens is 1. The van der Waals surface area contributed by atoms with E-state index >= 15 is 0 Å². The molecule has 1 aliphatic rings. The molecule has 0 radical (unpaired) electrons. The van der Waals surface area contributed by atoms with Gasteiger partial charge in [0.15, 0.2) is 5.13 Å². The van der Waals surface area contributed by atoms with Crippen LogP contribution in [0, 0.1) is 13.8 Å². The maximum absolute atomic E-state index is 13.6. The number of aliphatic hydroxyl groups is 1. The van der Waals surface area contributed by atoms with Crippen LogP contribution in [0.1, 0.15) is 33.9 Å². The number of aliphatic hydroxyl groups excluding tert-OH is 1. The van der Waals surface area contributed by atoms with Crippen molar-refractivity contribution in [2.24, 2.45) is 0 Å². The van der Waals surface area contributed by atoms with E-state index in [4.69, 9.17) is 16.3 Å². The fraction of sp³-hybridized carbons (Fsp3) is 0.121. The molecule has 1 saturated heterocycles. The molecule has 2 heterocycles. The van der Waals surface area contributed by atoms with Gasteiger partial charge in [0.25, 0.3) is 5.78 Å². The van der Waals surface area contributed by atoms with Crippen LogP contribution in [0.2, 0.25) is 5.02 Å². The lowest BCUT2D eigenvalue weighted by Crippen LogP contribution is -2.29. The van der Waals surface area contributed by atoms with Crippen LogP contribution in [0.4, 0.5) is 5.13 Å². The van der Waals surface area contributed by atoms with Crippen molar-refractivity contribution in [2.45, 2.75) is 26.5 Å². The number of carbonyl (C=O) groups excluding carboxylic acids is 2. The second-order valence-electron chi connectivity index (χ2n) is 9.94. The number of thiazole rings is 1. The van der Waals surface area contributed by atoms with E-state index in [0.29, 0.717) is 39.2 Å². The Morgan fingerprint density at radius 3 is 2.49 bits per heavy atom. The molecular formula is C33H25ClN2O4S. The van der Waals surface area contributed by atoms with Crippen molar-refractivity contribution in [2.75, 3.05) is 4.90 Å². The third-order valence-electron chi connectivity index (χ3n) is 7.08. The summed E-state index contributed by atoms with van der Waals surface area (Å²) >= 11 is 7.46. The SMILES string of the molecule is Cc1ccc(C)c(/C(O)=C2\C(=O)C(=O)N(c3nc4ccc(Cl)cc4s3)C2c2ccc(OCc3ccccc3)cc2)c1. The second kappa shape index (κ2) is 10.8. The lowest BCUT2D eigenvalue weighted by molar-refractivity contribution is -0.132. The number of benzene rings is 4. The molecule has 1 atom stereocenters. The van der Waals surface area contributed by atoms with E-state index in [2.05, 4.69) is 4.98 Å². The molecule has 8 heteroatoms. The molecule has 1 aliphatic heterocycles. The Labute approximate surface area is 246 Å². The highest BCUT2D eigenvalue weighted by atomic mass is 35.5. The Morgan fingerprint density at radius 1 is 0.976 bits per heavy atom. The van der Waals surface area contributed by atoms with E-state index in [1.807, 2.05) is 74.5 Å². The van der Waals surface area contributed by atoms with Gasteiger partial charge in [0.05, 0.1) is 21.8 Å². The molecule has 6 nitrogen and oxygen atoms in total. The van der Waals surface area contributed by atoms with Crippen LogP contribution in [0.5, 0.6) is 5.75 Å². The first kappa shape index (κ1) is 26.7. The topological polar surface area (TPSA) is 79.7 Å². The number of fused-ring (bicyclic) bond motifs is 1. The van der Waals surface area contributed by atoms with Crippen molar-refractivity contribution in [3.8, 4) is 5.75 Å². The molecule has 1 aromatic heterocycles. The van der Waals surface area contributed by atoms with Crippen molar-refractivity contribution in [3.05, 3.63) is 129 Å². The summed E-state index contributed by atoms with van der Waals surface area (Å²) in [5.41, 5.74) is 4.57. The van der Waals surface area contributed by atoms with Crippen molar-refractivity contribution in [1.29, 1.82) is 0 Å². The van der Waals surface area contributed by atoms with Crippen LogP contribution in [-0.2, 0) is 16.2 Å². The second-order valence-corrected chi connectivity index (χ2v) is 11.4. The molecular weight excluding hydrogens is 556 g/mol. The van der Waals surface area contributed by atoms with Crippen LogP contribution in [-0.4, -0.2) is 21.8 Å². The third kappa shape index (κ3) is 5.10. The van der Waals surface area contributed by atoms with E-state index in [1.54, 1.807) is 30.3 Å². The molecule has 6 rings (SSSR count). The first-order chi connectivity index (χ1) is 19.8. The Kier molecular flexibility index (Phi) is 7.07. The number of ether oxygens (including phenoxy) is 1. The van der Waals surface area contributed by atoms with Crippen LogP contribution in [0.25, 0.3) is 16.0 Å². The highest BCUT2D eigenvalue weighted by molar-refractivity contribution is 7.22. The van der Waals surface area contributed by atoms with Gasteiger partial charge in [0.1, 0.15) is 18.1 Å². The normalized spacial score (nSPS) is 16.5. The van der Waals surface area contributed by atoms with E-state index in [9.17, 15) is 14.7 Å². The van der Waals surface area contributed by atoms with E-state index in [1.165, 1.54) is 16.2 Å². The number of rotatable bonds is 6. The molecule has 1 fully saturated rings. The summed E-state index contributed by atoms with van der Waals surface area (Å²) in [6.07, 6.45) is 0. The molecule has 0 bridgehead atoms. The standard InChI is InChI=1S/C33H25ClN2O4S/c1-19-8-9-20(2)25(16-19)30(37)28-29(22-10-13-24(14-11-22)40-18-21-6-4-3-5-7-21)36(32(39)31(28)38)33-35-26-15-12-23(34)17-27(26)41-33/h3-17,29,37H,18H2,1-2H3/b30-28+. The van der Waals surface area contributed by atoms with Crippen LogP contribution < -0.4 is 9.64 Å². The Morgan fingerprint density at radius 2 is 1.73 bits per heavy atom. The first-order valence-corrected chi connectivity index (χ1v) is 14.2. The zero-order chi connectivity index (χ0) is 28.7. The summed E-state index contributed by atoms with van der Waals surface area (Å²) in [5, 5.41) is 12.5. The molecule has 0 spiro atoms. The molecule has 1 N–H and O–H groups in total. The third-order valence-corrected chi connectivity index (χ3v) is 8.33. The van der Waals surface area contributed by atoms with Gasteiger partial charge in [-0.15, -0.1) is 0 Å². The summed E-state index contributed by atoms with van der Waals surface area (Å²) in [6.45, 7) is 4.17. The Balaban J connectivity index is 1.45. The molecule has 0 saturated carbocycles. The van der Waals surface area contributed by atoms with Gasteiger partial charge in [0.2, 0.25) is 0 Å². The lowest BCUT2D eigenvalue weighted by Gasteiger charge is -2.23. The number of halogens is 1. The van der Waals surface area contributed by atoms with Gasteiger partial charge >= 0.3 is 5.91 Å². The Hall–Kier alpha value is -4.46. The van der Waals surface area contributed by atoms with Gasteiger partial charge in [-0.25, -0.2) is 4.98 Å². The minimum absolute atomic E-state index is 0.0129. The average Bonchev–Trinajstić information content (AvgIpc) is 3.51. The van der Waals surface area contributed by atoms with E-state index in [0.717, 1.165) is 21.4 Å². The number of ketones is 1. The smallest absolute Gasteiger partial charge is 0.301 e. The number of carbonyl (C=O) groups is 2. The lowest BCUT2D eigenvalue weighted by atomic mass is 9.93. The number of nitrogens with zero attached hydrogens (tertiary/aromatic N) is 2. The molecule has 41 heavy (non-hydrogen) atoms. The number of aryl methyl sites for hydroxylation is 2. The predicted octanol–water partition coefficient (Wildman–Crippen LogP) is 7.77. The summed E-state index contributed by atoms with van der Waals surface area (Å²) < 4.78 is 6.74. The van der Waals surface area contributed by atoms with Gasteiger partial charge in [-0.05, 0) is 66.9 Å². The van der Waals surface area contributed by atoms with Crippen molar-refractivity contribution in [3.63, 3.8) is 0 Å². The quantitative estimate of drug-likeness (QED) is 0.126. The summed E-state index contributed by atoms with van der Waals surface area (Å²) in [5.74, 6) is -1.10. The van der Waals surface area contributed by atoms with Crippen molar-refractivity contribution >= 4 is 55.7 Å². The monoisotopic (exact) mass is 580 g/mol. The van der Waals surface area contributed by atoms with E-state index < -0.39 is 17.7 Å². The summed E-state index contributed by atoms with van der Waals surface area (Å²) in [7, 11) is 0. The van der Waals surface area contributed by atoms with Crippen LogP contribution in [0.15, 0.2) is 96.6 Å². The first-order valence-electron chi connectivity index (χ1n) is 13.0. The molecule has 4 aromatic carbocycles. The summed E-state index contributed by atoms with van der Waals surface area (Å²) in [4.78, 5) is 33.2. The van der Waals surface area contributed by atoms with Gasteiger partial charge in [-0.2, -0.15) is 0 Å². The van der Waals surface area contributed by atoms with Crippen molar-refractivity contribution in [1.82, 2.24) is 4.98 Å². The van der Waals surface area contributed by atoms with Crippen molar-refractivity contribution < 1.29 is 19.4 Å². The zero-order valence-electron chi connectivity index (χ0n) is 22.3. The van der Waals surface area contributed by atoms with Crippen LogP contribution >= 0.6 is 22.9 Å². The number of Topliss-reactive ketones (excluding diaryl/α,β-unsaturated/α-hetero) is 1. The van der Waals surface area contributed by atoms with Gasteiger partial charge in [-0.1, -0.05) is 83.1 Å². The highest BCUT2D eigenvalue weighted by Gasteiger charge is 2.48. The fourth-order valence-corrected chi connectivity index (χ4v) is 6.23. The maximum Gasteiger partial charge on any atom is 0.301 e. The number of hydrogen-bond donors (Lipinski definition) is 1. The highest BCUT2D eigenvalue weighted by Crippen LogP contribution is 2.45. The van der Waals surface area contributed by atoms with E-state index in [-0.39, 0.29) is 11.3 Å². The molecule has 204 valence electrons. The average molecular weight is 581 g/mol. The largest absolute Gasteiger partial charge is 0.507 e. The van der Waals surface area contributed by atoms with Crippen LogP contribution in [0.3, 0.4) is 0 Å². The fourth-order valence-electron chi connectivity index (χ4n) is 4.96. The molecule has 0 aliphatic carbocycles. The number of hydrogen-bond acceptors (Lipinski definition) is 6. The number of anilines is 1. The molecule has 1 unspecified atom stereocenters.